The molecule has 0 saturated carbocycles. The summed E-state index contributed by atoms with van der Waals surface area (Å²) in [4.78, 5) is 19.7. The number of fused-ring (bicyclic) bond motifs is 2. The summed E-state index contributed by atoms with van der Waals surface area (Å²) in [7, 11) is 1.50. The topological polar surface area (TPSA) is 88.5 Å². The molecular weight excluding hydrogens is 492 g/mol. The quantitative estimate of drug-likeness (QED) is 0.425. The van der Waals surface area contributed by atoms with E-state index in [0.29, 0.717) is 11.4 Å². The van der Waals surface area contributed by atoms with Gasteiger partial charge < -0.3 is 15.1 Å². The second-order valence-electron chi connectivity index (χ2n) is 6.30. The minimum absolute atomic E-state index is 0. The molecule has 2 aromatic carbocycles. The van der Waals surface area contributed by atoms with Crippen LogP contribution in [0.3, 0.4) is 0 Å². The molecule has 8 heteroatoms. The Balaban J connectivity index is 0.00000131. The smallest absolute Gasteiger partial charge is 0.157 e. The number of nitrogens with one attached hydrogen (secondary N) is 2. The minimum Gasteiger partial charge on any atom is -0.652 e. The first-order valence-corrected chi connectivity index (χ1v) is 8.08. The van der Waals surface area contributed by atoms with Gasteiger partial charge in [0.05, 0.1) is 22.5 Å². The van der Waals surface area contributed by atoms with Crippen molar-refractivity contribution in [3.05, 3.63) is 51.8 Å². The zero-order chi connectivity index (χ0) is 17.7. The third kappa shape index (κ3) is 3.82. The van der Waals surface area contributed by atoms with Gasteiger partial charge in [0.25, 0.3) is 0 Å². The van der Waals surface area contributed by atoms with Crippen LogP contribution in [0.25, 0.3) is 38.8 Å². The maximum absolute atomic E-state index is 11.8. The molecule has 0 bridgehead atoms. The van der Waals surface area contributed by atoms with Gasteiger partial charge in [-0.3, -0.25) is 5.10 Å². The second-order valence-corrected chi connectivity index (χ2v) is 6.30. The molecule has 1 amide bonds. The van der Waals surface area contributed by atoms with Crippen LogP contribution in [0, 0.1) is 20.8 Å². The number of carbonyl (C=O) groups is 1. The van der Waals surface area contributed by atoms with Crippen LogP contribution in [0.15, 0.2) is 24.3 Å². The maximum Gasteiger partial charge on any atom is 0.157 e. The number of rotatable bonds is 2. The summed E-state index contributed by atoms with van der Waals surface area (Å²) in [5.41, 5.74) is 7.51. The van der Waals surface area contributed by atoms with E-state index in [1.165, 1.54) is 18.2 Å². The van der Waals surface area contributed by atoms with Crippen LogP contribution in [0.5, 0.6) is 0 Å². The number of aromatic nitrogens is 4. The predicted molar refractivity (Wildman–Crippen MR) is 99.0 cm³/mol. The van der Waals surface area contributed by atoms with Crippen LogP contribution in [0.1, 0.15) is 27.0 Å². The van der Waals surface area contributed by atoms with Gasteiger partial charge in [0.1, 0.15) is 5.69 Å². The van der Waals surface area contributed by atoms with E-state index >= 15 is 0 Å². The van der Waals surface area contributed by atoms with Gasteiger partial charge in [-0.15, -0.1) is 7.05 Å². The maximum atomic E-state index is 11.8. The van der Waals surface area contributed by atoms with Crippen molar-refractivity contribution in [2.75, 3.05) is 7.05 Å². The van der Waals surface area contributed by atoms with Crippen LogP contribution in [-0.4, -0.2) is 33.1 Å². The molecular formula is C19H18N5OY2-. The van der Waals surface area contributed by atoms with Gasteiger partial charge in [0, 0.05) is 76.4 Å². The van der Waals surface area contributed by atoms with Crippen LogP contribution < -0.4 is 0 Å². The normalized spacial score (nSPS) is 10.5. The fourth-order valence-corrected chi connectivity index (χ4v) is 3.25. The Bertz CT molecular complexity index is 1150. The molecule has 0 atom stereocenters. The van der Waals surface area contributed by atoms with E-state index in [-0.39, 0.29) is 71.3 Å². The van der Waals surface area contributed by atoms with Crippen LogP contribution in [0.4, 0.5) is 0 Å². The number of hydrogen-bond acceptors (Lipinski definition) is 3. The number of aryl methyl sites for hydroxylation is 3. The molecule has 2 heterocycles. The molecule has 0 fully saturated rings. The van der Waals surface area contributed by atoms with Gasteiger partial charge in [-0.05, 0) is 49.6 Å². The standard InChI is InChI=1S/C19H19N5O.2Y/c1-9-7-10(2)16-15(11(9)3)17(24-23-16)18-21-13-6-5-12(19(25)20-4)8-14(13)22-18;;/h5-8H,1-4H3,(H3,20,21,22,23,24,25);;/p-1. The molecule has 4 aromatic rings. The zero-order valence-electron chi connectivity index (χ0n) is 15.7. The molecule has 2 aromatic heterocycles. The van der Waals surface area contributed by atoms with E-state index < -0.39 is 0 Å². The van der Waals surface area contributed by atoms with E-state index in [1.807, 2.05) is 6.07 Å². The summed E-state index contributed by atoms with van der Waals surface area (Å²) in [5.74, 6) is 0.468. The van der Waals surface area contributed by atoms with Crippen molar-refractivity contribution >= 4 is 27.8 Å². The van der Waals surface area contributed by atoms with E-state index in [4.69, 9.17) is 0 Å². The fraction of sp³-hybridized carbons (Fsp3) is 0.211. The summed E-state index contributed by atoms with van der Waals surface area (Å²) in [6, 6.07) is 7.50. The number of hydrogen-bond donors (Lipinski definition) is 2. The van der Waals surface area contributed by atoms with Gasteiger partial charge in [0.2, 0.25) is 0 Å². The molecule has 2 radical (unpaired) electrons. The Morgan fingerprint density at radius 1 is 1.07 bits per heavy atom. The van der Waals surface area contributed by atoms with Gasteiger partial charge in [0.15, 0.2) is 5.82 Å². The first kappa shape index (κ1) is 22.3. The number of carbonyl (C=O) groups excluding carboxylic acids is 1. The number of imidazole rings is 1. The van der Waals surface area contributed by atoms with Crippen molar-refractivity contribution in [1.82, 2.24) is 20.2 Å². The average Bonchev–Trinajstić information content (AvgIpc) is 3.22. The number of H-pyrrole nitrogens is 2. The van der Waals surface area contributed by atoms with Crippen molar-refractivity contribution < 1.29 is 70.2 Å². The molecule has 4 rings (SSSR count). The summed E-state index contributed by atoms with van der Waals surface area (Å²) in [5, 5.41) is 12.4. The largest absolute Gasteiger partial charge is 0.652 e. The number of benzene rings is 2. The third-order valence-electron chi connectivity index (χ3n) is 4.71. The van der Waals surface area contributed by atoms with Gasteiger partial charge >= 0.3 is 0 Å². The van der Waals surface area contributed by atoms with Gasteiger partial charge in [-0.2, -0.15) is 5.10 Å². The van der Waals surface area contributed by atoms with Crippen LogP contribution >= 0.6 is 0 Å². The number of nitrogens with zero attached hydrogens (tertiary/aromatic N) is 3. The van der Waals surface area contributed by atoms with Gasteiger partial charge in [-0.1, -0.05) is 12.1 Å². The van der Waals surface area contributed by atoms with Crippen molar-refractivity contribution in [2.24, 2.45) is 0 Å². The molecule has 0 aliphatic heterocycles. The molecule has 0 aliphatic rings. The summed E-state index contributed by atoms with van der Waals surface area (Å²) < 4.78 is 0. The Kier molecular flexibility index (Phi) is 7.12. The summed E-state index contributed by atoms with van der Waals surface area (Å²) in [6.45, 7) is 6.26. The van der Waals surface area contributed by atoms with Crippen LogP contribution in [-0.2, 0) is 65.4 Å². The Morgan fingerprint density at radius 2 is 1.81 bits per heavy atom. The first-order chi connectivity index (χ1) is 12.0. The molecule has 2 N–H and O–H groups in total. The third-order valence-corrected chi connectivity index (χ3v) is 4.71. The van der Waals surface area contributed by atoms with Crippen LogP contribution in [0.2, 0.25) is 0 Å². The number of amides is 1. The molecule has 132 valence electrons. The van der Waals surface area contributed by atoms with E-state index in [9.17, 15) is 4.79 Å². The fourth-order valence-electron chi connectivity index (χ4n) is 3.25. The molecule has 0 aliphatic carbocycles. The summed E-state index contributed by atoms with van der Waals surface area (Å²) in [6.07, 6.45) is 0. The monoisotopic (exact) mass is 510 g/mol. The van der Waals surface area contributed by atoms with Crippen molar-refractivity contribution in [1.29, 1.82) is 0 Å². The molecule has 0 unspecified atom stereocenters. The SMILES string of the molecule is C[N-]C(=O)c1ccc2nc(-c3[nH]nc4c(C)cc(C)c(C)c34)[nH]c2c1.[Y].[Y]. The minimum atomic E-state index is -0.243. The molecule has 27 heavy (non-hydrogen) atoms. The first-order valence-electron chi connectivity index (χ1n) is 8.08. The zero-order valence-corrected chi connectivity index (χ0v) is 21.4. The van der Waals surface area contributed by atoms with Crippen molar-refractivity contribution in [3.8, 4) is 11.5 Å². The molecule has 0 spiro atoms. The van der Waals surface area contributed by atoms with E-state index in [1.54, 1.807) is 12.1 Å². The Labute approximate surface area is 207 Å². The van der Waals surface area contributed by atoms with Crippen molar-refractivity contribution in [2.45, 2.75) is 20.8 Å². The average molecular weight is 510 g/mol. The van der Waals surface area contributed by atoms with Gasteiger partial charge in [-0.25, -0.2) is 4.98 Å². The van der Waals surface area contributed by atoms with Crippen molar-refractivity contribution in [3.63, 3.8) is 0 Å². The Morgan fingerprint density at radius 3 is 2.52 bits per heavy atom. The summed E-state index contributed by atoms with van der Waals surface area (Å²) >= 11 is 0. The second kappa shape index (κ2) is 8.60. The van der Waals surface area contributed by atoms with E-state index in [2.05, 4.69) is 52.3 Å². The predicted octanol–water partition coefficient (Wildman–Crippen LogP) is 4.17. The van der Waals surface area contributed by atoms with E-state index in [0.717, 1.165) is 33.2 Å². The molecule has 6 nitrogen and oxygen atoms in total. The Hall–Kier alpha value is -0.942. The number of aromatic amines is 2. The molecule has 0 saturated heterocycles.